The van der Waals surface area contributed by atoms with Gasteiger partial charge in [0, 0.05) is 30.0 Å². The maximum Gasteiger partial charge on any atom is 0.174 e. The van der Waals surface area contributed by atoms with Crippen molar-refractivity contribution in [2.45, 2.75) is 43.9 Å². The van der Waals surface area contributed by atoms with Crippen molar-refractivity contribution >= 4 is 23.0 Å². The lowest BCUT2D eigenvalue weighted by Crippen LogP contribution is -2.30. The van der Waals surface area contributed by atoms with Crippen LogP contribution in [0.15, 0.2) is 91.4 Å². The molecular weight excluding hydrogens is 454 g/mol. The third-order valence-electron chi connectivity index (χ3n) is 6.80. The van der Waals surface area contributed by atoms with Crippen LogP contribution in [-0.4, -0.2) is 25.8 Å². The summed E-state index contributed by atoms with van der Waals surface area (Å²) in [5.41, 5.74) is 3.04. The maximum atomic E-state index is 6.20. The van der Waals surface area contributed by atoms with Gasteiger partial charge in [-0.05, 0) is 98.6 Å². The molecule has 176 valence electrons. The van der Waals surface area contributed by atoms with Crippen molar-refractivity contribution in [1.82, 2.24) is 19.9 Å². The van der Waals surface area contributed by atoms with Gasteiger partial charge >= 0.3 is 0 Å². The van der Waals surface area contributed by atoms with Crippen LogP contribution in [0.5, 0.6) is 5.75 Å². The largest absolute Gasteiger partial charge is 0.490 e. The Balaban J connectivity index is 1.39. The molecule has 1 saturated carbocycles. The summed E-state index contributed by atoms with van der Waals surface area (Å²) in [5, 5.41) is 4.21. The number of pyridine rings is 2. The van der Waals surface area contributed by atoms with Gasteiger partial charge in [0.15, 0.2) is 5.11 Å². The zero-order chi connectivity index (χ0) is 23.6. The van der Waals surface area contributed by atoms with Crippen LogP contribution < -0.4 is 15.0 Å². The minimum atomic E-state index is -0.115. The second-order valence-corrected chi connectivity index (χ2v) is 9.39. The highest BCUT2D eigenvalue weighted by Gasteiger charge is 2.42. The van der Waals surface area contributed by atoms with Gasteiger partial charge in [0.1, 0.15) is 17.6 Å². The van der Waals surface area contributed by atoms with Gasteiger partial charge in [-0.1, -0.05) is 12.1 Å². The summed E-state index contributed by atoms with van der Waals surface area (Å²) < 4.78 is 8.32. The zero-order valence-electron chi connectivity index (χ0n) is 19.3. The minimum absolute atomic E-state index is 0.115. The van der Waals surface area contributed by atoms with Crippen molar-refractivity contribution in [2.75, 3.05) is 4.90 Å². The number of hydrogen-bond acceptors (Lipinski definition) is 4. The quantitative estimate of drug-likeness (QED) is 0.353. The third kappa shape index (κ3) is 4.28. The number of hydrogen-bond donors (Lipinski definition) is 1. The summed E-state index contributed by atoms with van der Waals surface area (Å²) in [4.78, 5) is 11.4. The van der Waals surface area contributed by atoms with Crippen molar-refractivity contribution < 1.29 is 4.74 Å². The van der Waals surface area contributed by atoms with Gasteiger partial charge < -0.3 is 19.5 Å². The average Bonchev–Trinajstić information content (AvgIpc) is 3.66. The average molecular weight is 482 g/mol. The maximum absolute atomic E-state index is 6.20. The van der Waals surface area contributed by atoms with Crippen LogP contribution in [0, 0.1) is 0 Å². The highest BCUT2D eigenvalue weighted by molar-refractivity contribution is 7.80. The Kier molecular flexibility index (Phi) is 5.92. The predicted molar refractivity (Wildman–Crippen MR) is 141 cm³/mol. The molecule has 4 aromatic rings. The van der Waals surface area contributed by atoms with E-state index >= 15 is 0 Å². The topological polar surface area (TPSA) is 55.2 Å². The first-order chi connectivity index (χ1) is 17.3. The van der Waals surface area contributed by atoms with Crippen molar-refractivity contribution in [2.24, 2.45) is 0 Å². The van der Waals surface area contributed by atoms with Crippen LogP contribution in [0.2, 0.25) is 0 Å². The number of benzene rings is 1. The summed E-state index contributed by atoms with van der Waals surface area (Å²) >= 11 is 5.89. The highest BCUT2D eigenvalue weighted by atomic mass is 32.1. The van der Waals surface area contributed by atoms with Crippen LogP contribution in [0.4, 0.5) is 5.69 Å². The summed E-state index contributed by atoms with van der Waals surface area (Å²) in [7, 11) is 0. The molecule has 0 amide bonds. The molecule has 1 N–H and O–H groups in total. The molecule has 6 nitrogen and oxygen atoms in total. The van der Waals surface area contributed by atoms with Gasteiger partial charge in [-0.15, -0.1) is 0 Å². The molecule has 4 heterocycles. The molecule has 1 aliphatic heterocycles. The van der Waals surface area contributed by atoms with Gasteiger partial charge in [-0.25, -0.2) is 4.98 Å². The van der Waals surface area contributed by atoms with Gasteiger partial charge in [-0.2, -0.15) is 0 Å². The number of thiocarbonyl (C=S) groups is 1. The number of anilines is 1. The fraction of sp³-hybridized carbons (Fsp3) is 0.250. The van der Waals surface area contributed by atoms with Crippen molar-refractivity contribution in [3.63, 3.8) is 0 Å². The summed E-state index contributed by atoms with van der Waals surface area (Å²) in [5.74, 6) is 1.78. The zero-order valence-corrected chi connectivity index (χ0v) is 20.1. The predicted octanol–water partition coefficient (Wildman–Crippen LogP) is 5.77. The fourth-order valence-electron chi connectivity index (χ4n) is 5.16. The molecule has 1 saturated heterocycles. The first-order valence-corrected chi connectivity index (χ1v) is 12.5. The van der Waals surface area contributed by atoms with E-state index in [1.165, 1.54) is 12.8 Å². The Morgan fingerprint density at radius 1 is 0.857 bits per heavy atom. The van der Waals surface area contributed by atoms with E-state index in [2.05, 4.69) is 61.1 Å². The van der Waals surface area contributed by atoms with Crippen LogP contribution in [0.25, 0.3) is 5.82 Å². The Morgan fingerprint density at radius 3 is 2.34 bits per heavy atom. The smallest absolute Gasteiger partial charge is 0.174 e. The highest BCUT2D eigenvalue weighted by Crippen LogP contribution is 2.42. The van der Waals surface area contributed by atoms with E-state index in [9.17, 15) is 0 Å². The van der Waals surface area contributed by atoms with E-state index in [1.807, 2.05) is 55.0 Å². The molecule has 1 aliphatic carbocycles. The molecule has 2 fully saturated rings. The van der Waals surface area contributed by atoms with Crippen molar-refractivity contribution in [3.05, 3.63) is 103 Å². The minimum Gasteiger partial charge on any atom is -0.490 e. The lowest BCUT2D eigenvalue weighted by atomic mass is 10.0. The number of ether oxygens (including phenoxy) is 1. The fourth-order valence-corrected chi connectivity index (χ4v) is 5.50. The molecule has 0 spiro atoms. The van der Waals surface area contributed by atoms with Crippen LogP contribution >= 0.6 is 12.2 Å². The van der Waals surface area contributed by atoms with Crippen molar-refractivity contribution in [3.8, 4) is 11.6 Å². The lowest BCUT2D eigenvalue weighted by molar-refractivity contribution is 0.210. The number of nitrogens with zero attached hydrogens (tertiary/aromatic N) is 4. The molecule has 1 aromatic carbocycles. The molecule has 35 heavy (non-hydrogen) atoms. The SMILES string of the molecule is S=C1NC(c2ccccn2)C(c2cccn2-c2ccccn2)N1c1ccc(OC2CCCC2)cc1. The van der Waals surface area contributed by atoms with E-state index in [-0.39, 0.29) is 12.1 Å². The first kappa shape index (κ1) is 21.8. The van der Waals surface area contributed by atoms with E-state index in [0.717, 1.165) is 41.5 Å². The van der Waals surface area contributed by atoms with Crippen LogP contribution in [0.1, 0.15) is 49.2 Å². The molecule has 3 aromatic heterocycles. The van der Waals surface area contributed by atoms with Crippen LogP contribution in [0.3, 0.4) is 0 Å². The molecule has 6 rings (SSSR count). The molecule has 7 heteroatoms. The van der Waals surface area contributed by atoms with E-state index in [1.54, 1.807) is 0 Å². The Bertz CT molecular complexity index is 1290. The summed E-state index contributed by atoms with van der Waals surface area (Å²) in [6.07, 6.45) is 10.8. The molecular formula is C28H27N5OS. The first-order valence-electron chi connectivity index (χ1n) is 12.1. The summed E-state index contributed by atoms with van der Waals surface area (Å²) in [6.45, 7) is 0. The van der Waals surface area contributed by atoms with Crippen molar-refractivity contribution in [1.29, 1.82) is 0 Å². The van der Waals surface area contributed by atoms with Gasteiger partial charge in [0.2, 0.25) is 0 Å². The monoisotopic (exact) mass is 481 g/mol. The second-order valence-electron chi connectivity index (χ2n) is 9.01. The third-order valence-corrected chi connectivity index (χ3v) is 7.11. The van der Waals surface area contributed by atoms with Gasteiger partial charge in [-0.3, -0.25) is 4.98 Å². The number of rotatable bonds is 6. The van der Waals surface area contributed by atoms with E-state index in [0.29, 0.717) is 11.2 Å². The number of aromatic nitrogens is 3. The Labute approximate surface area is 210 Å². The Hall–Kier alpha value is -3.71. The molecule has 2 atom stereocenters. The summed E-state index contributed by atoms with van der Waals surface area (Å²) in [6, 6.07) is 24.2. The molecule has 2 unspecified atom stereocenters. The standard InChI is InChI=1S/C28H27N5OS/c35-28-31-26(23-10-3-5-17-29-23)27(24-11-7-19-32(24)25-12-4-6-18-30-25)33(28)20-13-15-22(16-14-20)34-21-8-1-2-9-21/h3-7,10-19,21,26-27H,1-2,8-9H2,(H,31,35). The molecule has 0 bridgehead atoms. The second kappa shape index (κ2) is 9.50. The number of nitrogens with one attached hydrogen (secondary N) is 1. The molecule has 0 radical (unpaired) electrons. The van der Waals surface area contributed by atoms with Gasteiger partial charge in [0.25, 0.3) is 0 Å². The van der Waals surface area contributed by atoms with Gasteiger partial charge in [0.05, 0.1) is 17.8 Å². The lowest BCUT2D eigenvalue weighted by Gasteiger charge is -2.29. The van der Waals surface area contributed by atoms with E-state index < -0.39 is 0 Å². The normalized spacial score (nSPS) is 20.2. The molecule has 2 aliphatic rings. The Morgan fingerprint density at radius 2 is 1.63 bits per heavy atom. The van der Waals surface area contributed by atoms with E-state index in [4.69, 9.17) is 17.0 Å². The van der Waals surface area contributed by atoms with Crippen LogP contribution in [-0.2, 0) is 0 Å².